The Kier molecular flexibility index (Phi) is 3.64. The molecular formula is C20H26BrNO. The molecule has 1 aromatic carbocycles. The molecule has 124 valence electrons. The number of carbonyl (C=O) groups is 1. The van der Waals surface area contributed by atoms with E-state index >= 15 is 0 Å². The van der Waals surface area contributed by atoms with Crippen LogP contribution in [0.5, 0.6) is 0 Å². The van der Waals surface area contributed by atoms with Gasteiger partial charge in [-0.05, 0) is 67.9 Å². The van der Waals surface area contributed by atoms with Gasteiger partial charge in [0.2, 0.25) is 5.91 Å². The predicted octanol–water partition coefficient (Wildman–Crippen LogP) is 5.48. The average molecular weight is 376 g/mol. The summed E-state index contributed by atoms with van der Waals surface area (Å²) >= 11 is 4.00. The van der Waals surface area contributed by atoms with Crippen molar-refractivity contribution in [3.63, 3.8) is 0 Å². The second-order valence-electron chi connectivity index (χ2n) is 8.59. The van der Waals surface area contributed by atoms with E-state index in [1.54, 1.807) is 0 Å². The molecule has 1 N–H and O–H groups in total. The highest BCUT2D eigenvalue weighted by molar-refractivity contribution is 9.10. The highest BCUT2D eigenvalue weighted by Gasteiger charge is 2.59. The molecule has 0 spiro atoms. The maximum Gasteiger partial charge on any atom is 0.230 e. The third-order valence-electron chi connectivity index (χ3n) is 6.30. The quantitative estimate of drug-likeness (QED) is 0.695. The van der Waals surface area contributed by atoms with Crippen molar-refractivity contribution < 1.29 is 4.79 Å². The lowest BCUT2D eigenvalue weighted by atomic mass is 9.49. The summed E-state index contributed by atoms with van der Waals surface area (Å²) in [5, 5.41) is 3.31. The Hall–Kier alpha value is -0.830. The fraction of sp³-hybridized carbons (Fsp3) is 0.650. The summed E-state index contributed by atoms with van der Waals surface area (Å²) in [6, 6.07) is 8.26. The zero-order chi connectivity index (χ0) is 16.2. The van der Waals surface area contributed by atoms with E-state index < -0.39 is 0 Å². The molecule has 0 saturated heterocycles. The topological polar surface area (TPSA) is 29.1 Å². The van der Waals surface area contributed by atoms with E-state index in [0.29, 0.717) is 5.92 Å². The highest BCUT2D eigenvalue weighted by Crippen LogP contribution is 2.64. The fourth-order valence-corrected chi connectivity index (χ4v) is 7.24. The predicted molar refractivity (Wildman–Crippen MR) is 97.9 cm³/mol. The Bertz CT molecular complexity index is 624. The summed E-state index contributed by atoms with van der Waals surface area (Å²) < 4.78 is 0.228. The lowest BCUT2D eigenvalue weighted by Crippen LogP contribution is -2.57. The normalized spacial score (nSPS) is 38.1. The molecule has 4 atom stereocenters. The highest BCUT2D eigenvalue weighted by atomic mass is 79.9. The summed E-state index contributed by atoms with van der Waals surface area (Å²) in [4.78, 5) is 13.3. The Morgan fingerprint density at radius 1 is 1.17 bits per heavy atom. The number of carbonyl (C=O) groups excluding carboxylic acids is 1. The summed E-state index contributed by atoms with van der Waals surface area (Å²) in [6.45, 7) is 4.37. The standard InChI is InChI=1S/C20H26BrNO/c1-13(2)16-5-3-4-6-17(16)22-18(23)19-8-14-7-15(9-19)11-20(21,10-14)12-19/h3-6,13-15H,7-12H2,1-2H3,(H,22,23)/t14-,15+,19?,20?. The molecule has 2 nitrogen and oxygen atoms in total. The average Bonchev–Trinajstić information content (AvgIpc) is 2.45. The minimum atomic E-state index is -0.141. The van der Waals surface area contributed by atoms with Gasteiger partial charge in [-0.15, -0.1) is 0 Å². The first-order valence-corrected chi connectivity index (χ1v) is 9.78. The third-order valence-corrected chi connectivity index (χ3v) is 7.23. The molecule has 1 amide bonds. The zero-order valence-corrected chi connectivity index (χ0v) is 15.7. The fourth-order valence-electron chi connectivity index (χ4n) is 5.79. The molecule has 4 bridgehead atoms. The van der Waals surface area contributed by atoms with Gasteiger partial charge in [0.15, 0.2) is 0 Å². The van der Waals surface area contributed by atoms with Crippen molar-refractivity contribution >= 4 is 27.5 Å². The molecule has 0 radical (unpaired) electrons. The Morgan fingerprint density at radius 2 is 1.83 bits per heavy atom. The van der Waals surface area contributed by atoms with Crippen LogP contribution in [0.2, 0.25) is 0 Å². The van der Waals surface area contributed by atoms with Crippen LogP contribution < -0.4 is 5.32 Å². The maximum absolute atomic E-state index is 13.3. The molecule has 23 heavy (non-hydrogen) atoms. The minimum absolute atomic E-state index is 0.141. The number of rotatable bonds is 3. The Labute approximate surface area is 147 Å². The molecule has 1 aromatic rings. The summed E-state index contributed by atoms with van der Waals surface area (Å²) in [5.74, 6) is 2.16. The second-order valence-corrected chi connectivity index (χ2v) is 10.3. The number of benzene rings is 1. The van der Waals surface area contributed by atoms with E-state index in [2.05, 4.69) is 53.3 Å². The van der Waals surface area contributed by atoms with Crippen molar-refractivity contribution in [2.24, 2.45) is 17.3 Å². The van der Waals surface area contributed by atoms with Crippen molar-refractivity contribution in [1.29, 1.82) is 0 Å². The molecule has 4 aliphatic rings. The Balaban J connectivity index is 1.61. The molecule has 3 heteroatoms. The van der Waals surface area contributed by atoms with Gasteiger partial charge in [0.05, 0.1) is 5.41 Å². The van der Waals surface area contributed by atoms with Crippen LogP contribution in [0, 0.1) is 17.3 Å². The number of anilines is 1. The number of para-hydroxylation sites is 1. The SMILES string of the molecule is CC(C)c1ccccc1NC(=O)C12C[C@@H]3C[C@@H](CC(Br)(C3)C1)C2. The van der Waals surface area contributed by atoms with E-state index in [1.807, 2.05) is 6.07 Å². The maximum atomic E-state index is 13.3. The van der Waals surface area contributed by atoms with Crippen molar-refractivity contribution in [3.05, 3.63) is 29.8 Å². The monoisotopic (exact) mass is 375 g/mol. The number of hydrogen-bond acceptors (Lipinski definition) is 1. The number of alkyl halides is 1. The van der Waals surface area contributed by atoms with Crippen molar-refractivity contribution in [1.82, 2.24) is 0 Å². The van der Waals surface area contributed by atoms with Crippen LogP contribution in [0.15, 0.2) is 24.3 Å². The first-order valence-electron chi connectivity index (χ1n) is 8.98. The number of amides is 1. The molecular weight excluding hydrogens is 350 g/mol. The number of halogens is 1. The van der Waals surface area contributed by atoms with Gasteiger partial charge in [-0.25, -0.2) is 0 Å². The van der Waals surface area contributed by atoms with Gasteiger partial charge in [0, 0.05) is 10.0 Å². The van der Waals surface area contributed by atoms with Crippen LogP contribution in [0.3, 0.4) is 0 Å². The zero-order valence-electron chi connectivity index (χ0n) is 14.1. The van der Waals surface area contributed by atoms with Gasteiger partial charge in [-0.1, -0.05) is 48.0 Å². The molecule has 5 rings (SSSR count). The van der Waals surface area contributed by atoms with Crippen molar-refractivity contribution in [2.75, 3.05) is 5.32 Å². The van der Waals surface area contributed by atoms with E-state index in [-0.39, 0.29) is 15.6 Å². The van der Waals surface area contributed by atoms with E-state index in [0.717, 1.165) is 36.8 Å². The van der Waals surface area contributed by atoms with E-state index in [9.17, 15) is 4.79 Å². The van der Waals surface area contributed by atoms with Crippen LogP contribution in [0.4, 0.5) is 5.69 Å². The molecule has 0 heterocycles. The smallest absolute Gasteiger partial charge is 0.230 e. The Morgan fingerprint density at radius 3 is 2.43 bits per heavy atom. The summed E-state index contributed by atoms with van der Waals surface area (Å²) in [7, 11) is 0. The van der Waals surface area contributed by atoms with Crippen LogP contribution >= 0.6 is 15.9 Å². The lowest BCUT2D eigenvalue weighted by Gasteiger charge is -2.59. The summed E-state index contributed by atoms with van der Waals surface area (Å²) in [6.07, 6.45) is 7.06. The molecule has 4 aliphatic carbocycles. The molecule has 0 aromatic heterocycles. The van der Waals surface area contributed by atoms with Gasteiger partial charge in [-0.2, -0.15) is 0 Å². The third kappa shape index (κ3) is 2.65. The van der Waals surface area contributed by atoms with E-state index in [4.69, 9.17) is 0 Å². The van der Waals surface area contributed by atoms with Gasteiger partial charge in [-0.3, -0.25) is 4.79 Å². The molecule has 4 fully saturated rings. The van der Waals surface area contributed by atoms with Crippen molar-refractivity contribution in [3.8, 4) is 0 Å². The first-order chi connectivity index (χ1) is 10.9. The minimum Gasteiger partial charge on any atom is -0.325 e. The second kappa shape index (κ2) is 5.34. The summed E-state index contributed by atoms with van der Waals surface area (Å²) in [5.41, 5.74) is 2.10. The molecule has 4 saturated carbocycles. The van der Waals surface area contributed by atoms with Crippen LogP contribution in [-0.2, 0) is 4.79 Å². The number of nitrogens with one attached hydrogen (secondary N) is 1. The van der Waals surface area contributed by atoms with Gasteiger partial charge < -0.3 is 5.32 Å². The lowest BCUT2D eigenvalue weighted by molar-refractivity contribution is -0.138. The van der Waals surface area contributed by atoms with Gasteiger partial charge in [0.1, 0.15) is 0 Å². The van der Waals surface area contributed by atoms with Gasteiger partial charge >= 0.3 is 0 Å². The van der Waals surface area contributed by atoms with Crippen molar-refractivity contribution in [2.45, 2.75) is 62.6 Å². The molecule has 2 unspecified atom stereocenters. The van der Waals surface area contributed by atoms with Gasteiger partial charge in [0.25, 0.3) is 0 Å². The number of hydrogen-bond donors (Lipinski definition) is 1. The van der Waals surface area contributed by atoms with Crippen LogP contribution in [0.25, 0.3) is 0 Å². The first kappa shape index (κ1) is 15.7. The van der Waals surface area contributed by atoms with E-state index in [1.165, 1.54) is 24.8 Å². The molecule has 0 aliphatic heterocycles. The largest absolute Gasteiger partial charge is 0.325 e. The van der Waals surface area contributed by atoms with Crippen LogP contribution in [0.1, 0.15) is 63.9 Å². The van der Waals surface area contributed by atoms with Crippen LogP contribution in [-0.4, -0.2) is 10.2 Å².